The Labute approximate surface area is 163 Å². The first kappa shape index (κ1) is 19.3. The van der Waals surface area contributed by atoms with E-state index >= 15 is 0 Å². The fraction of sp³-hybridized carbons (Fsp3) is 0.190. The number of anilines is 4. The lowest BCUT2D eigenvalue weighted by Gasteiger charge is -2.15. The zero-order valence-corrected chi connectivity index (χ0v) is 16.0. The Morgan fingerprint density at radius 3 is 2.46 bits per heavy atom. The summed E-state index contributed by atoms with van der Waals surface area (Å²) in [5.41, 5.74) is 3.07. The normalized spacial score (nSPS) is 10.6. The van der Waals surface area contributed by atoms with Crippen LogP contribution < -0.4 is 16.0 Å². The van der Waals surface area contributed by atoms with Gasteiger partial charge in [0.05, 0.1) is 17.4 Å². The highest BCUT2D eigenvalue weighted by atomic mass is 19.1. The smallest absolute Gasteiger partial charge is 0.254 e. The number of hydrogen-bond acceptors (Lipinski definition) is 5. The zero-order valence-electron chi connectivity index (χ0n) is 16.0. The monoisotopic (exact) mass is 379 g/mol. The molecule has 3 aromatic rings. The van der Waals surface area contributed by atoms with Crippen LogP contribution >= 0.6 is 0 Å². The second-order valence-electron chi connectivity index (χ2n) is 6.59. The van der Waals surface area contributed by atoms with Crippen molar-refractivity contribution in [1.82, 2.24) is 15.3 Å². The van der Waals surface area contributed by atoms with Gasteiger partial charge in [-0.05, 0) is 35.7 Å². The first-order valence-electron chi connectivity index (χ1n) is 8.94. The van der Waals surface area contributed by atoms with Crippen LogP contribution in [0.2, 0.25) is 0 Å². The molecule has 6 nitrogen and oxygen atoms in total. The second kappa shape index (κ2) is 8.47. The summed E-state index contributed by atoms with van der Waals surface area (Å²) in [6, 6.07) is 12.6. The Kier molecular flexibility index (Phi) is 5.84. The van der Waals surface area contributed by atoms with Gasteiger partial charge in [0.25, 0.3) is 5.91 Å². The predicted octanol–water partition coefficient (Wildman–Crippen LogP) is 4.59. The molecule has 0 radical (unpaired) electrons. The molecule has 0 saturated carbocycles. The maximum absolute atomic E-state index is 13.0. The van der Waals surface area contributed by atoms with Crippen LogP contribution in [-0.2, 0) is 0 Å². The SMILES string of the molecule is CNC(=O)c1cnc(Nc2ccc(F)cn2)cc1Nc1cccc(C(C)C)c1. The summed E-state index contributed by atoms with van der Waals surface area (Å²) in [6.07, 6.45) is 2.61. The Morgan fingerprint density at radius 2 is 1.79 bits per heavy atom. The highest BCUT2D eigenvalue weighted by molar-refractivity contribution is 6.00. The quantitative estimate of drug-likeness (QED) is 0.584. The van der Waals surface area contributed by atoms with Crippen molar-refractivity contribution >= 4 is 28.9 Å². The molecular formula is C21H22FN5O. The number of rotatable bonds is 6. The Hall–Kier alpha value is -3.48. The first-order valence-corrected chi connectivity index (χ1v) is 8.94. The number of nitrogens with zero attached hydrogens (tertiary/aromatic N) is 2. The molecule has 0 spiro atoms. The van der Waals surface area contributed by atoms with E-state index in [0.29, 0.717) is 28.8 Å². The standard InChI is InChI=1S/C21H22FN5O/c1-13(2)14-5-4-6-16(9-14)26-18-10-20(25-12-17(18)21(28)23-3)27-19-8-7-15(22)11-24-19/h4-13H,1-3H3,(H,23,28)(H2,24,25,26,27). The topological polar surface area (TPSA) is 78.9 Å². The van der Waals surface area contributed by atoms with Crippen molar-refractivity contribution < 1.29 is 9.18 Å². The molecule has 1 aromatic carbocycles. The summed E-state index contributed by atoms with van der Waals surface area (Å²) in [4.78, 5) is 20.5. The van der Waals surface area contributed by atoms with Gasteiger partial charge in [-0.15, -0.1) is 0 Å². The van der Waals surface area contributed by atoms with Crippen molar-refractivity contribution in [3.05, 3.63) is 71.8 Å². The minimum atomic E-state index is -0.416. The average molecular weight is 379 g/mol. The highest BCUT2D eigenvalue weighted by Crippen LogP contribution is 2.26. The Bertz CT molecular complexity index is 973. The molecule has 0 aliphatic carbocycles. The van der Waals surface area contributed by atoms with Crippen molar-refractivity contribution in [2.24, 2.45) is 0 Å². The van der Waals surface area contributed by atoms with Crippen LogP contribution in [0.5, 0.6) is 0 Å². The molecule has 2 heterocycles. The van der Waals surface area contributed by atoms with Gasteiger partial charge < -0.3 is 16.0 Å². The van der Waals surface area contributed by atoms with Crippen molar-refractivity contribution in [2.45, 2.75) is 19.8 Å². The minimum Gasteiger partial charge on any atom is -0.355 e. The molecule has 144 valence electrons. The highest BCUT2D eigenvalue weighted by Gasteiger charge is 2.13. The lowest BCUT2D eigenvalue weighted by atomic mass is 10.0. The summed E-state index contributed by atoms with van der Waals surface area (Å²) >= 11 is 0. The van der Waals surface area contributed by atoms with Crippen LogP contribution in [0.25, 0.3) is 0 Å². The first-order chi connectivity index (χ1) is 13.5. The predicted molar refractivity (Wildman–Crippen MR) is 109 cm³/mol. The van der Waals surface area contributed by atoms with Gasteiger partial charge in [0.1, 0.15) is 17.5 Å². The molecule has 3 rings (SSSR count). The van der Waals surface area contributed by atoms with E-state index in [1.54, 1.807) is 13.1 Å². The van der Waals surface area contributed by atoms with Crippen molar-refractivity contribution in [1.29, 1.82) is 0 Å². The van der Waals surface area contributed by atoms with Gasteiger partial charge in [0.15, 0.2) is 0 Å². The molecule has 3 N–H and O–H groups in total. The lowest BCUT2D eigenvalue weighted by molar-refractivity contribution is 0.0963. The minimum absolute atomic E-state index is 0.249. The van der Waals surface area contributed by atoms with Gasteiger partial charge >= 0.3 is 0 Å². The molecule has 1 amide bonds. The van der Waals surface area contributed by atoms with Gasteiger partial charge in [-0.25, -0.2) is 14.4 Å². The third kappa shape index (κ3) is 4.62. The van der Waals surface area contributed by atoms with E-state index in [4.69, 9.17) is 0 Å². The molecule has 0 unspecified atom stereocenters. The van der Waals surface area contributed by atoms with E-state index in [0.717, 1.165) is 11.9 Å². The molecule has 0 bridgehead atoms. The van der Waals surface area contributed by atoms with Gasteiger partial charge in [-0.2, -0.15) is 0 Å². The fourth-order valence-corrected chi connectivity index (χ4v) is 2.65. The third-order valence-electron chi connectivity index (χ3n) is 4.19. The van der Waals surface area contributed by atoms with Crippen LogP contribution in [0.3, 0.4) is 0 Å². The number of halogens is 1. The molecule has 2 aromatic heterocycles. The zero-order chi connectivity index (χ0) is 20.1. The van der Waals surface area contributed by atoms with E-state index in [-0.39, 0.29) is 5.91 Å². The van der Waals surface area contributed by atoms with Crippen LogP contribution in [0, 0.1) is 5.82 Å². The number of amides is 1. The number of aromatic nitrogens is 2. The third-order valence-corrected chi connectivity index (χ3v) is 4.19. The van der Waals surface area contributed by atoms with Gasteiger partial charge in [-0.1, -0.05) is 26.0 Å². The van der Waals surface area contributed by atoms with Crippen molar-refractivity contribution in [2.75, 3.05) is 17.7 Å². The van der Waals surface area contributed by atoms with Crippen LogP contribution in [-0.4, -0.2) is 22.9 Å². The van der Waals surface area contributed by atoms with E-state index in [1.165, 1.54) is 23.9 Å². The maximum Gasteiger partial charge on any atom is 0.254 e. The van der Waals surface area contributed by atoms with Crippen molar-refractivity contribution in [3.63, 3.8) is 0 Å². The molecule has 7 heteroatoms. The number of hydrogen-bond donors (Lipinski definition) is 3. The van der Waals surface area contributed by atoms with Gasteiger partial charge in [0.2, 0.25) is 0 Å². The Morgan fingerprint density at radius 1 is 1.00 bits per heavy atom. The van der Waals surface area contributed by atoms with Gasteiger partial charge in [-0.3, -0.25) is 4.79 Å². The number of carbonyl (C=O) groups is 1. The number of pyridine rings is 2. The lowest BCUT2D eigenvalue weighted by Crippen LogP contribution is -2.19. The largest absolute Gasteiger partial charge is 0.355 e. The number of nitrogens with one attached hydrogen (secondary N) is 3. The summed E-state index contributed by atoms with van der Waals surface area (Å²) in [6.45, 7) is 4.25. The fourth-order valence-electron chi connectivity index (χ4n) is 2.65. The van der Waals surface area contributed by atoms with Crippen LogP contribution in [0.4, 0.5) is 27.4 Å². The van der Waals surface area contributed by atoms with E-state index < -0.39 is 5.82 Å². The van der Waals surface area contributed by atoms with Crippen LogP contribution in [0.15, 0.2) is 54.9 Å². The molecule has 0 fully saturated rings. The van der Waals surface area contributed by atoms with Crippen molar-refractivity contribution in [3.8, 4) is 0 Å². The molecule has 28 heavy (non-hydrogen) atoms. The van der Waals surface area contributed by atoms with E-state index in [1.807, 2.05) is 18.2 Å². The molecule has 0 atom stereocenters. The second-order valence-corrected chi connectivity index (χ2v) is 6.59. The summed E-state index contributed by atoms with van der Waals surface area (Å²) in [5.74, 6) is 0.658. The summed E-state index contributed by atoms with van der Waals surface area (Å²) in [7, 11) is 1.57. The van der Waals surface area contributed by atoms with E-state index in [9.17, 15) is 9.18 Å². The van der Waals surface area contributed by atoms with Gasteiger partial charge in [0, 0.05) is 25.0 Å². The van der Waals surface area contributed by atoms with E-state index in [2.05, 4.69) is 45.8 Å². The average Bonchev–Trinajstić information content (AvgIpc) is 2.69. The maximum atomic E-state index is 13.0. The molecule has 0 aliphatic heterocycles. The number of benzene rings is 1. The molecule has 0 aliphatic rings. The number of carbonyl (C=O) groups excluding carboxylic acids is 1. The summed E-state index contributed by atoms with van der Waals surface area (Å²) in [5, 5.41) is 8.93. The van der Waals surface area contributed by atoms with Crippen LogP contribution in [0.1, 0.15) is 35.7 Å². The Balaban J connectivity index is 1.93. The molecular weight excluding hydrogens is 357 g/mol. The molecule has 0 saturated heterocycles. The summed E-state index contributed by atoms with van der Waals surface area (Å²) < 4.78 is 13.0.